The summed E-state index contributed by atoms with van der Waals surface area (Å²) in [7, 11) is 0. The number of carbonyl (C=O) groups excluding carboxylic acids is 1. The summed E-state index contributed by atoms with van der Waals surface area (Å²) in [5.74, 6) is 2.78. The zero-order chi connectivity index (χ0) is 17.6. The van der Waals surface area contributed by atoms with Gasteiger partial charge in [0.2, 0.25) is 5.91 Å². The fourth-order valence-corrected chi connectivity index (χ4v) is 4.79. The van der Waals surface area contributed by atoms with Crippen molar-refractivity contribution in [3.05, 3.63) is 57.8 Å². The minimum absolute atomic E-state index is 0.0649. The molecule has 0 radical (unpaired) electrons. The van der Waals surface area contributed by atoms with Crippen LogP contribution in [0.15, 0.2) is 41.8 Å². The first-order chi connectivity index (χ1) is 12.1. The van der Waals surface area contributed by atoms with E-state index in [2.05, 4.69) is 60.2 Å². The van der Waals surface area contributed by atoms with Gasteiger partial charge in [0.05, 0.1) is 6.04 Å². The van der Waals surface area contributed by atoms with Gasteiger partial charge in [-0.3, -0.25) is 4.79 Å². The second kappa shape index (κ2) is 8.88. The Kier molecular flexibility index (Phi) is 6.57. The molecule has 1 aromatic heterocycles. The van der Waals surface area contributed by atoms with E-state index < -0.39 is 0 Å². The lowest BCUT2D eigenvalue weighted by Gasteiger charge is -2.24. The van der Waals surface area contributed by atoms with Gasteiger partial charge in [0.15, 0.2) is 0 Å². The Morgan fingerprint density at radius 3 is 2.60 bits per heavy atom. The van der Waals surface area contributed by atoms with Crippen LogP contribution in [0.3, 0.4) is 0 Å². The minimum atomic E-state index is -0.0649. The van der Waals surface area contributed by atoms with Crippen molar-refractivity contribution in [3.63, 3.8) is 0 Å². The minimum Gasteiger partial charge on any atom is -0.344 e. The summed E-state index contributed by atoms with van der Waals surface area (Å²) in [4.78, 5) is 13.8. The van der Waals surface area contributed by atoms with Crippen molar-refractivity contribution in [2.45, 2.75) is 38.3 Å². The molecule has 2 N–H and O–H groups in total. The molecule has 5 heteroatoms. The van der Waals surface area contributed by atoms with E-state index in [1.165, 1.54) is 10.4 Å². The molecular formula is C20H26N2OS2. The van der Waals surface area contributed by atoms with Crippen molar-refractivity contribution in [1.82, 2.24) is 10.6 Å². The maximum atomic E-state index is 12.6. The highest BCUT2D eigenvalue weighted by Crippen LogP contribution is 2.27. The van der Waals surface area contributed by atoms with E-state index in [1.807, 2.05) is 17.8 Å². The highest BCUT2D eigenvalue weighted by molar-refractivity contribution is 7.99. The van der Waals surface area contributed by atoms with Crippen LogP contribution in [0.1, 0.15) is 48.2 Å². The number of thioether (sulfide) groups is 1. The van der Waals surface area contributed by atoms with Crippen LogP contribution in [0.25, 0.3) is 0 Å². The molecule has 1 amide bonds. The maximum absolute atomic E-state index is 12.6. The molecule has 134 valence electrons. The van der Waals surface area contributed by atoms with Crippen molar-refractivity contribution in [2.24, 2.45) is 0 Å². The molecule has 2 unspecified atom stereocenters. The molecule has 0 bridgehead atoms. The Hall–Kier alpha value is -1.30. The van der Waals surface area contributed by atoms with E-state index >= 15 is 0 Å². The molecule has 1 aliphatic heterocycles. The highest BCUT2D eigenvalue weighted by Gasteiger charge is 2.21. The van der Waals surface area contributed by atoms with E-state index in [1.54, 1.807) is 11.3 Å². The first-order valence-electron chi connectivity index (χ1n) is 8.87. The average molecular weight is 375 g/mol. The Bertz CT molecular complexity index is 662. The first-order valence-corrected chi connectivity index (χ1v) is 10.9. The van der Waals surface area contributed by atoms with Crippen LogP contribution in [-0.4, -0.2) is 30.0 Å². The van der Waals surface area contributed by atoms with Gasteiger partial charge in [-0.05, 0) is 28.5 Å². The standard InChI is InChI=1S/C20H26N2OS2/c1-14(2)15-5-7-16(8-6-15)20(18-4-3-10-25-18)22-19(23)12-17-13-24-11-9-21-17/h3-8,10,14,17,20-21H,9,11-13H2,1-2H3,(H,22,23). The van der Waals surface area contributed by atoms with E-state index in [9.17, 15) is 4.79 Å². The van der Waals surface area contributed by atoms with Gasteiger partial charge in [0.25, 0.3) is 0 Å². The molecule has 1 aromatic carbocycles. The van der Waals surface area contributed by atoms with Gasteiger partial charge >= 0.3 is 0 Å². The SMILES string of the molecule is CC(C)c1ccc(C(NC(=O)CC2CSCCN2)c2cccs2)cc1. The number of hydrogen-bond acceptors (Lipinski definition) is 4. The Morgan fingerprint density at radius 2 is 2.00 bits per heavy atom. The van der Waals surface area contributed by atoms with Gasteiger partial charge in [0.1, 0.15) is 0 Å². The van der Waals surface area contributed by atoms with Crippen LogP contribution in [0.5, 0.6) is 0 Å². The molecule has 1 fully saturated rings. The van der Waals surface area contributed by atoms with Gasteiger partial charge < -0.3 is 10.6 Å². The molecule has 0 aliphatic carbocycles. The van der Waals surface area contributed by atoms with Crippen molar-refractivity contribution in [1.29, 1.82) is 0 Å². The van der Waals surface area contributed by atoms with Crippen molar-refractivity contribution >= 4 is 29.0 Å². The third-order valence-electron chi connectivity index (χ3n) is 4.50. The molecule has 3 nitrogen and oxygen atoms in total. The van der Waals surface area contributed by atoms with Crippen LogP contribution < -0.4 is 10.6 Å². The first kappa shape index (κ1) is 18.5. The second-order valence-electron chi connectivity index (χ2n) is 6.77. The lowest BCUT2D eigenvalue weighted by molar-refractivity contribution is -0.122. The van der Waals surface area contributed by atoms with Gasteiger partial charge in [-0.2, -0.15) is 11.8 Å². The molecule has 0 spiro atoms. The molecular weight excluding hydrogens is 348 g/mol. The zero-order valence-corrected chi connectivity index (χ0v) is 16.5. The Labute approximate surface area is 158 Å². The van der Waals surface area contributed by atoms with E-state index in [0.717, 1.165) is 23.6 Å². The van der Waals surface area contributed by atoms with E-state index in [-0.39, 0.29) is 18.0 Å². The number of carbonyl (C=O) groups is 1. The summed E-state index contributed by atoms with van der Waals surface area (Å²) in [6.45, 7) is 5.39. The van der Waals surface area contributed by atoms with Crippen molar-refractivity contribution in [2.75, 3.05) is 18.1 Å². The molecule has 2 atom stereocenters. The molecule has 1 aliphatic rings. The van der Waals surface area contributed by atoms with Crippen LogP contribution in [-0.2, 0) is 4.79 Å². The number of benzene rings is 1. The molecule has 3 rings (SSSR count). The average Bonchev–Trinajstić information content (AvgIpc) is 3.15. The third-order valence-corrected chi connectivity index (χ3v) is 6.57. The number of rotatable bonds is 6. The highest BCUT2D eigenvalue weighted by atomic mass is 32.2. The molecule has 0 saturated carbocycles. The molecule has 1 saturated heterocycles. The fraction of sp³-hybridized carbons (Fsp3) is 0.450. The molecule has 25 heavy (non-hydrogen) atoms. The Morgan fingerprint density at radius 1 is 1.24 bits per heavy atom. The van der Waals surface area contributed by atoms with E-state index in [0.29, 0.717) is 12.3 Å². The Balaban J connectivity index is 1.72. The number of thiophene rings is 1. The van der Waals surface area contributed by atoms with Crippen LogP contribution in [0.4, 0.5) is 0 Å². The lowest BCUT2D eigenvalue weighted by Crippen LogP contribution is -2.42. The van der Waals surface area contributed by atoms with Crippen molar-refractivity contribution < 1.29 is 4.79 Å². The number of amides is 1. The summed E-state index contributed by atoms with van der Waals surface area (Å²) in [5.41, 5.74) is 2.47. The largest absolute Gasteiger partial charge is 0.344 e. The van der Waals surface area contributed by atoms with Crippen LogP contribution in [0, 0.1) is 0 Å². The number of nitrogens with one attached hydrogen (secondary N) is 2. The predicted molar refractivity (Wildman–Crippen MR) is 109 cm³/mol. The second-order valence-corrected chi connectivity index (χ2v) is 8.90. The normalized spacial score (nSPS) is 18.9. The summed E-state index contributed by atoms with van der Waals surface area (Å²) in [6.07, 6.45) is 0.541. The monoisotopic (exact) mass is 374 g/mol. The summed E-state index contributed by atoms with van der Waals surface area (Å²) in [5, 5.41) is 8.76. The molecule has 2 aromatic rings. The maximum Gasteiger partial charge on any atom is 0.222 e. The van der Waals surface area contributed by atoms with Crippen LogP contribution in [0.2, 0.25) is 0 Å². The van der Waals surface area contributed by atoms with Gasteiger partial charge in [-0.15, -0.1) is 11.3 Å². The number of hydrogen-bond donors (Lipinski definition) is 2. The van der Waals surface area contributed by atoms with Crippen LogP contribution >= 0.6 is 23.1 Å². The summed E-state index contributed by atoms with van der Waals surface area (Å²) in [6, 6.07) is 13.0. The quantitative estimate of drug-likeness (QED) is 0.797. The third kappa shape index (κ3) is 5.09. The topological polar surface area (TPSA) is 41.1 Å². The smallest absolute Gasteiger partial charge is 0.222 e. The lowest BCUT2D eigenvalue weighted by atomic mass is 9.98. The summed E-state index contributed by atoms with van der Waals surface area (Å²) >= 11 is 3.61. The zero-order valence-electron chi connectivity index (χ0n) is 14.8. The van der Waals surface area contributed by atoms with E-state index in [4.69, 9.17) is 0 Å². The van der Waals surface area contributed by atoms with Gasteiger partial charge in [-0.1, -0.05) is 44.2 Å². The summed E-state index contributed by atoms with van der Waals surface area (Å²) < 4.78 is 0. The molecule has 2 heterocycles. The van der Waals surface area contributed by atoms with Gasteiger partial charge in [0, 0.05) is 35.4 Å². The fourth-order valence-electron chi connectivity index (χ4n) is 3.04. The van der Waals surface area contributed by atoms with Gasteiger partial charge in [-0.25, -0.2) is 0 Å². The predicted octanol–water partition coefficient (Wildman–Crippen LogP) is 4.17. The van der Waals surface area contributed by atoms with Crippen molar-refractivity contribution in [3.8, 4) is 0 Å².